The van der Waals surface area contributed by atoms with Gasteiger partial charge in [0.2, 0.25) is 0 Å². The molecule has 3 rings (SSSR count). The van der Waals surface area contributed by atoms with Crippen molar-refractivity contribution in [2.45, 2.75) is 12.5 Å². The standard InChI is InChI=1S/C17H14N2O5/c20-11-7-5-10(6-8-11)9-14(16(22)23)19-15(21)12-3-1-2-4-13(12)18-17(19)24/h1-8,14,20H,9H2,(H,18,24)(H,22,23). The highest BCUT2D eigenvalue weighted by Crippen LogP contribution is 2.16. The zero-order chi connectivity index (χ0) is 17.3. The Balaban J connectivity index is 2.14. The van der Waals surface area contributed by atoms with E-state index in [9.17, 15) is 24.6 Å². The highest BCUT2D eigenvalue weighted by atomic mass is 16.4. The number of para-hydroxylation sites is 1. The summed E-state index contributed by atoms with van der Waals surface area (Å²) in [4.78, 5) is 39.0. The van der Waals surface area contributed by atoms with Gasteiger partial charge in [-0.15, -0.1) is 0 Å². The number of phenolic OH excluding ortho intramolecular Hbond substituents is 1. The van der Waals surface area contributed by atoms with Gasteiger partial charge in [0.05, 0.1) is 10.9 Å². The van der Waals surface area contributed by atoms with Crippen LogP contribution in [0.3, 0.4) is 0 Å². The van der Waals surface area contributed by atoms with E-state index in [0.717, 1.165) is 4.57 Å². The van der Waals surface area contributed by atoms with Gasteiger partial charge in [-0.3, -0.25) is 4.79 Å². The molecule has 122 valence electrons. The number of nitrogens with one attached hydrogen (secondary N) is 1. The lowest BCUT2D eigenvalue weighted by Gasteiger charge is -2.15. The Labute approximate surface area is 135 Å². The summed E-state index contributed by atoms with van der Waals surface area (Å²) >= 11 is 0. The van der Waals surface area contributed by atoms with Gasteiger partial charge in [-0.1, -0.05) is 24.3 Å². The maximum atomic E-state index is 12.6. The van der Waals surface area contributed by atoms with E-state index in [1.54, 1.807) is 30.3 Å². The molecule has 0 amide bonds. The minimum absolute atomic E-state index is 0.0475. The van der Waals surface area contributed by atoms with E-state index in [2.05, 4.69) is 4.98 Å². The first-order chi connectivity index (χ1) is 11.5. The van der Waals surface area contributed by atoms with Crippen LogP contribution in [0, 0.1) is 0 Å². The van der Waals surface area contributed by atoms with Crippen LogP contribution in [-0.4, -0.2) is 25.7 Å². The smallest absolute Gasteiger partial charge is 0.329 e. The summed E-state index contributed by atoms with van der Waals surface area (Å²) in [6.07, 6.45) is -0.0586. The Morgan fingerprint density at radius 2 is 1.75 bits per heavy atom. The minimum Gasteiger partial charge on any atom is -0.508 e. The summed E-state index contributed by atoms with van der Waals surface area (Å²) < 4.78 is 0.720. The summed E-state index contributed by atoms with van der Waals surface area (Å²) in [5, 5.41) is 19.0. The van der Waals surface area contributed by atoms with Gasteiger partial charge in [0.1, 0.15) is 11.8 Å². The molecule has 0 radical (unpaired) electrons. The van der Waals surface area contributed by atoms with Crippen molar-refractivity contribution >= 4 is 16.9 Å². The number of hydrogen-bond donors (Lipinski definition) is 3. The third-order valence-corrected chi connectivity index (χ3v) is 3.80. The van der Waals surface area contributed by atoms with Crippen molar-refractivity contribution in [3.8, 4) is 5.75 Å². The maximum Gasteiger partial charge on any atom is 0.329 e. The average molecular weight is 326 g/mol. The number of nitrogens with zero attached hydrogens (tertiary/aromatic N) is 1. The number of fused-ring (bicyclic) bond motifs is 1. The highest BCUT2D eigenvalue weighted by Gasteiger charge is 2.24. The molecule has 7 heteroatoms. The molecule has 0 bridgehead atoms. The van der Waals surface area contributed by atoms with Crippen LogP contribution in [0.1, 0.15) is 11.6 Å². The first kappa shape index (κ1) is 15.5. The lowest BCUT2D eigenvalue weighted by atomic mass is 10.1. The molecule has 1 aromatic heterocycles. The van der Waals surface area contributed by atoms with Crippen molar-refractivity contribution < 1.29 is 15.0 Å². The van der Waals surface area contributed by atoms with E-state index >= 15 is 0 Å². The molecule has 0 spiro atoms. The molecule has 3 aromatic rings. The topological polar surface area (TPSA) is 112 Å². The number of hydrogen-bond acceptors (Lipinski definition) is 4. The number of aromatic hydroxyl groups is 1. The minimum atomic E-state index is -1.35. The van der Waals surface area contributed by atoms with Crippen molar-refractivity contribution in [3.63, 3.8) is 0 Å². The van der Waals surface area contributed by atoms with Crippen LogP contribution in [0.4, 0.5) is 0 Å². The lowest BCUT2D eigenvalue weighted by Crippen LogP contribution is -2.41. The molecule has 0 saturated heterocycles. The van der Waals surface area contributed by atoms with Crippen LogP contribution in [-0.2, 0) is 11.2 Å². The molecular formula is C17H14N2O5. The number of H-pyrrole nitrogens is 1. The number of benzene rings is 2. The predicted octanol–water partition coefficient (Wildman–Crippen LogP) is 1.26. The molecule has 1 atom stereocenters. The molecule has 0 saturated carbocycles. The molecule has 0 aliphatic heterocycles. The predicted molar refractivity (Wildman–Crippen MR) is 87.3 cm³/mol. The molecule has 1 heterocycles. The zero-order valence-electron chi connectivity index (χ0n) is 12.5. The summed E-state index contributed by atoms with van der Waals surface area (Å²) in [5.74, 6) is -1.24. The van der Waals surface area contributed by atoms with Crippen molar-refractivity contribution in [3.05, 3.63) is 74.9 Å². The summed E-state index contributed by atoms with van der Waals surface area (Å²) in [6, 6.07) is 11.0. The Bertz CT molecular complexity index is 1020. The SMILES string of the molecule is O=C(O)C(Cc1ccc(O)cc1)n1c(=O)[nH]c2ccccc2c1=O. The Kier molecular flexibility index (Phi) is 3.91. The summed E-state index contributed by atoms with van der Waals surface area (Å²) in [6.45, 7) is 0. The number of phenols is 1. The number of rotatable bonds is 4. The highest BCUT2D eigenvalue weighted by molar-refractivity contribution is 5.78. The van der Waals surface area contributed by atoms with Gasteiger partial charge < -0.3 is 15.2 Å². The average Bonchev–Trinajstić information content (AvgIpc) is 2.55. The fourth-order valence-corrected chi connectivity index (χ4v) is 2.60. The zero-order valence-corrected chi connectivity index (χ0v) is 12.5. The number of carboxylic acid groups (broad SMARTS) is 1. The lowest BCUT2D eigenvalue weighted by molar-refractivity contribution is -0.141. The van der Waals surface area contributed by atoms with Crippen LogP contribution < -0.4 is 11.2 Å². The van der Waals surface area contributed by atoms with Gasteiger partial charge in [0.25, 0.3) is 5.56 Å². The van der Waals surface area contributed by atoms with E-state index in [-0.39, 0.29) is 17.6 Å². The van der Waals surface area contributed by atoms with Gasteiger partial charge in [-0.05, 0) is 29.8 Å². The van der Waals surface area contributed by atoms with Crippen molar-refractivity contribution in [1.29, 1.82) is 0 Å². The fraction of sp³-hybridized carbons (Fsp3) is 0.118. The number of carboxylic acids is 1. The normalized spacial score (nSPS) is 12.2. The third kappa shape index (κ3) is 2.79. The fourth-order valence-electron chi connectivity index (χ4n) is 2.60. The van der Waals surface area contributed by atoms with E-state index in [0.29, 0.717) is 11.1 Å². The Hall–Kier alpha value is -3.35. The Morgan fingerprint density at radius 3 is 2.42 bits per heavy atom. The van der Waals surface area contributed by atoms with Gasteiger partial charge in [0, 0.05) is 6.42 Å². The quantitative estimate of drug-likeness (QED) is 0.668. The molecule has 2 aromatic carbocycles. The van der Waals surface area contributed by atoms with E-state index in [4.69, 9.17) is 0 Å². The van der Waals surface area contributed by atoms with Gasteiger partial charge >= 0.3 is 11.7 Å². The van der Waals surface area contributed by atoms with E-state index < -0.39 is 23.3 Å². The van der Waals surface area contributed by atoms with Crippen molar-refractivity contribution in [2.24, 2.45) is 0 Å². The second-order valence-electron chi connectivity index (χ2n) is 5.38. The van der Waals surface area contributed by atoms with E-state index in [1.807, 2.05) is 0 Å². The molecule has 7 nitrogen and oxygen atoms in total. The van der Waals surface area contributed by atoms with Crippen molar-refractivity contribution in [2.75, 3.05) is 0 Å². The molecule has 0 fully saturated rings. The summed E-state index contributed by atoms with van der Waals surface area (Å²) in [5.41, 5.74) is -0.484. The molecule has 3 N–H and O–H groups in total. The second kappa shape index (κ2) is 6.04. The molecular weight excluding hydrogens is 312 g/mol. The Morgan fingerprint density at radius 1 is 1.08 bits per heavy atom. The van der Waals surface area contributed by atoms with Crippen LogP contribution in [0.15, 0.2) is 58.1 Å². The monoisotopic (exact) mass is 326 g/mol. The van der Waals surface area contributed by atoms with E-state index in [1.165, 1.54) is 18.2 Å². The van der Waals surface area contributed by atoms with Gasteiger partial charge in [-0.2, -0.15) is 0 Å². The van der Waals surface area contributed by atoms with Gasteiger partial charge in [-0.25, -0.2) is 14.2 Å². The second-order valence-corrected chi connectivity index (χ2v) is 5.38. The molecule has 1 unspecified atom stereocenters. The van der Waals surface area contributed by atoms with Crippen LogP contribution >= 0.6 is 0 Å². The van der Waals surface area contributed by atoms with Crippen LogP contribution in [0.25, 0.3) is 10.9 Å². The number of carbonyl (C=O) groups is 1. The third-order valence-electron chi connectivity index (χ3n) is 3.80. The number of aromatic amines is 1. The first-order valence-corrected chi connectivity index (χ1v) is 7.21. The molecule has 24 heavy (non-hydrogen) atoms. The summed E-state index contributed by atoms with van der Waals surface area (Å²) in [7, 11) is 0. The molecule has 0 aliphatic rings. The maximum absolute atomic E-state index is 12.6. The number of aromatic nitrogens is 2. The van der Waals surface area contributed by atoms with Gasteiger partial charge in [0.15, 0.2) is 0 Å². The van der Waals surface area contributed by atoms with Crippen LogP contribution in [0.5, 0.6) is 5.75 Å². The molecule has 0 aliphatic carbocycles. The number of aliphatic carboxylic acids is 1. The van der Waals surface area contributed by atoms with Crippen LogP contribution in [0.2, 0.25) is 0 Å². The largest absolute Gasteiger partial charge is 0.508 e. The van der Waals surface area contributed by atoms with Crippen molar-refractivity contribution in [1.82, 2.24) is 9.55 Å². The first-order valence-electron chi connectivity index (χ1n) is 7.21.